The first-order valence-electron chi connectivity index (χ1n) is 13.2. The van der Waals surface area contributed by atoms with Gasteiger partial charge in [-0.3, -0.25) is 24.0 Å². The van der Waals surface area contributed by atoms with Gasteiger partial charge in [-0.05, 0) is 12.0 Å². The van der Waals surface area contributed by atoms with Gasteiger partial charge in [-0.1, -0.05) is 30.3 Å². The van der Waals surface area contributed by atoms with Crippen LogP contribution < -0.4 is 5.32 Å². The number of rotatable bonds is 22. The Labute approximate surface area is 240 Å². The number of methoxy groups -OCH3 is 3. The fraction of sp³-hybridized carbons (Fsp3) is 0.607. The molecule has 0 saturated carbocycles. The van der Waals surface area contributed by atoms with Gasteiger partial charge in [-0.25, -0.2) is 0 Å². The SMILES string of the molecule is COC(=O)CCOCC(COCCC(=O)OC)(COCCC(=O)OC)NC(=O)CCCC(=O)OCc1ccccc1. The number of carbonyl (C=O) groups excluding carboxylic acids is 5. The summed E-state index contributed by atoms with van der Waals surface area (Å²) in [5.74, 6) is -2.26. The highest BCUT2D eigenvalue weighted by Crippen LogP contribution is 2.12. The number of esters is 4. The summed E-state index contributed by atoms with van der Waals surface area (Å²) in [6, 6.07) is 9.24. The van der Waals surface area contributed by atoms with Gasteiger partial charge < -0.3 is 38.5 Å². The summed E-state index contributed by atoms with van der Waals surface area (Å²) in [4.78, 5) is 59.5. The van der Waals surface area contributed by atoms with Gasteiger partial charge in [-0.15, -0.1) is 0 Å². The van der Waals surface area contributed by atoms with E-state index in [0.29, 0.717) is 0 Å². The van der Waals surface area contributed by atoms with E-state index >= 15 is 0 Å². The fourth-order valence-corrected chi connectivity index (χ4v) is 3.37. The number of hydrogen-bond donors (Lipinski definition) is 1. The van der Waals surface area contributed by atoms with Crippen LogP contribution >= 0.6 is 0 Å². The van der Waals surface area contributed by atoms with Crippen molar-refractivity contribution in [1.29, 1.82) is 0 Å². The maximum Gasteiger partial charge on any atom is 0.307 e. The zero-order valence-electron chi connectivity index (χ0n) is 24.0. The first kappa shape index (κ1) is 35.5. The summed E-state index contributed by atoms with van der Waals surface area (Å²) in [7, 11) is 3.78. The Morgan fingerprint density at radius 1 is 0.634 bits per heavy atom. The van der Waals surface area contributed by atoms with E-state index in [9.17, 15) is 24.0 Å². The molecule has 1 aromatic rings. The van der Waals surface area contributed by atoms with Crippen LogP contribution in [0.3, 0.4) is 0 Å². The van der Waals surface area contributed by atoms with Crippen molar-refractivity contribution >= 4 is 29.8 Å². The molecular weight excluding hydrogens is 542 g/mol. The summed E-state index contributed by atoms with van der Waals surface area (Å²) in [5.41, 5.74) is -0.386. The minimum atomic E-state index is -1.24. The largest absolute Gasteiger partial charge is 0.469 e. The summed E-state index contributed by atoms with van der Waals surface area (Å²) in [6.07, 6.45) is 0.210. The number of benzene rings is 1. The first-order chi connectivity index (χ1) is 19.7. The zero-order chi connectivity index (χ0) is 30.3. The minimum absolute atomic E-state index is 0.00186. The number of hydrogen-bond acceptors (Lipinski definition) is 12. The molecule has 0 spiro atoms. The van der Waals surface area contributed by atoms with E-state index in [1.807, 2.05) is 30.3 Å². The van der Waals surface area contributed by atoms with Gasteiger partial charge in [0.1, 0.15) is 12.1 Å². The molecule has 0 aliphatic carbocycles. The van der Waals surface area contributed by atoms with Crippen LogP contribution in [0.5, 0.6) is 0 Å². The van der Waals surface area contributed by atoms with E-state index in [2.05, 4.69) is 19.5 Å². The van der Waals surface area contributed by atoms with E-state index in [1.165, 1.54) is 21.3 Å². The number of amides is 1. The molecule has 1 N–H and O–H groups in total. The van der Waals surface area contributed by atoms with Gasteiger partial charge in [-0.2, -0.15) is 0 Å². The van der Waals surface area contributed by atoms with Crippen molar-refractivity contribution in [2.24, 2.45) is 0 Å². The van der Waals surface area contributed by atoms with Crippen molar-refractivity contribution < 1.29 is 57.1 Å². The minimum Gasteiger partial charge on any atom is -0.469 e. The molecule has 0 heterocycles. The second-order valence-corrected chi connectivity index (χ2v) is 8.96. The lowest BCUT2D eigenvalue weighted by Crippen LogP contribution is -2.58. The number of ether oxygens (including phenoxy) is 7. The highest BCUT2D eigenvalue weighted by molar-refractivity contribution is 5.78. The Morgan fingerprint density at radius 2 is 1.10 bits per heavy atom. The van der Waals surface area contributed by atoms with Gasteiger partial charge >= 0.3 is 23.9 Å². The maximum atomic E-state index is 12.9. The average molecular weight is 584 g/mol. The highest BCUT2D eigenvalue weighted by Gasteiger charge is 2.34. The lowest BCUT2D eigenvalue weighted by Gasteiger charge is -2.34. The van der Waals surface area contributed by atoms with E-state index in [1.54, 1.807) is 0 Å². The summed E-state index contributed by atoms with van der Waals surface area (Å²) in [5, 5.41) is 2.85. The Bertz CT molecular complexity index is 877. The molecule has 0 aromatic heterocycles. The quantitative estimate of drug-likeness (QED) is 0.119. The Morgan fingerprint density at radius 3 is 1.54 bits per heavy atom. The average Bonchev–Trinajstić information content (AvgIpc) is 2.98. The zero-order valence-corrected chi connectivity index (χ0v) is 24.0. The maximum absolute atomic E-state index is 12.9. The lowest BCUT2D eigenvalue weighted by molar-refractivity contribution is -0.146. The van der Waals surface area contributed by atoms with E-state index in [4.69, 9.17) is 18.9 Å². The van der Waals surface area contributed by atoms with Crippen molar-refractivity contribution in [2.75, 3.05) is 61.0 Å². The summed E-state index contributed by atoms with van der Waals surface area (Å²) < 4.78 is 36.1. The third kappa shape index (κ3) is 17.0. The van der Waals surface area contributed by atoms with Crippen molar-refractivity contribution in [1.82, 2.24) is 5.32 Å². The smallest absolute Gasteiger partial charge is 0.307 e. The Balaban J connectivity index is 2.78. The molecule has 0 radical (unpaired) electrons. The van der Waals surface area contributed by atoms with Crippen molar-refractivity contribution in [3.05, 3.63) is 35.9 Å². The van der Waals surface area contributed by atoms with Crippen LogP contribution in [-0.2, 0) is 63.7 Å². The third-order valence-corrected chi connectivity index (χ3v) is 5.60. The van der Waals surface area contributed by atoms with Gasteiger partial charge in [0.25, 0.3) is 0 Å². The molecule has 0 aliphatic heterocycles. The molecule has 1 amide bonds. The normalized spacial score (nSPS) is 10.9. The predicted octanol–water partition coefficient (Wildman–Crippen LogP) is 1.49. The van der Waals surface area contributed by atoms with Crippen LogP contribution in [-0.4, -0.2) is 96.3 Å². The molecule has 41 heavy (non-hydrogen) atoms. The highest BCUT2D eigenvalue weighted by atomic mass is 16.5. The molecular formula is C28H41NO12. The monoisotopic (exact) mass is 583 g/mol. The van der Waals surface area contributed by atoms with Crippen molar-refractivity contribution in [3.8, 4) is 0 Å². The molecule has 0 aliphatic rings. The first-order valence-corrected chi connectivity index (χ1v) is 13.2. The molecule has 0 saturated heterocycles. The Kier molecular flexibility index (Phi) is 18.4. The molecule has 1 aromatic carbocycles. The second kappa shape index (κ2) is 21.2. The molecule has 0 unspecified atom stereocenters. The molecule has 0 atom stereocenters. The predicted molar refractivity (Wildman–Crippen MR) is 143 cm³/mol. The molecule has 230 valence electrons. The van der Waals surface area contributed by atoms with Crippen LogP contribution in [0.25, 0.3) is 0 Å². The fourth-order valence-electron chi connectivity index (χ4n) is 3.37. The van der Waals surface area contributed by atoms with Gasteiger partial charge in [0, 0.05) is 12.8 Å². The molecule has 13 heteroatoms. The number of nitrogens with one attached hydrogen (secondary N) is 1. The third-order valence-electron chi connectivity index (χ3n) is 5.60. The van der Waals surface area contributed by atoms with E-state index in [-0.39, 0.29) is 84.8 Å². The molecule has 0 fully saturated rings. The van der Waals surface area contributed by atoms with Gasteiger partial charge in [0.2, 0.25) is 5.91 Å². The molecule has 1 rings (SSSR count). The van der Waals surface area contributed by atoms with Crippen molar-refractivity contribution in [3.63, 3.8) is 0 Å². The van der Waals surface area contributed by atoms with Gasteiger partial charge in [0.05, 0.1) is 80.2 Å². The van der Waals surface area contributed by atoms with Crippen LogP contribution in [0.2, 0.25) is 0 Å². The van der Waals surface area contributed by atoms with Gasteiger partial charge in [0.15, 0.2) is 0 Å². The molecule has 0 bridgehead atoms. The van der Waals surface area contributed by atoms with Crippen molar-refractivity contribution in [2.45, 2.75) is 50.7 Å². The van der Waals surface area contributed by atoms with E-state index in [0.717, 1.165) is 5.56 Å². The lowest BCUT2D eigenvalue weighted by atomic mass is 10.0. The van der Waals surface area contributed by atoms with Crippen LogP contribution in [0.1, 0.15) is 44.1 Å². The Hall–Kier alpha value is -3.55. The summed E-state index contributed by atoms with van der Waals surface area (Å²) in [6.45, 7) is -0.211. The standard InChI is InChI=1S/C28H41NO12/c1-35-24(31)12-15-38-19-28(20-39-16-13-25(32)36-2,21-40-17-14-26(33)37-3)29-23(30)10-7-11-27(34)41-18-22-8-5-4-6-9-22/h4-6,8-9H,7,10-21H2,1-3H3,(H,29,30). The van der Waals surface area contributed by atoms with E-state index < -0.39 is 35.3 Å². The van der Waals surface area contributed by atoms with Crippen LogP contribution in [0.15, 0.2) is 30.3 Å². The molecule has 13 nitrogen and oxygen atoms in total. The van der Waals surface area contributed by atoms with Crippen LogP contribution in [0, 0.1) is 0 Å². The topological polar surface area (TPSA) is 162 Å². The number of carbonyl (C=O) groups is 5. The summed E-state index contributed by atoms with van der Waals surface area (Å²) >= 11 is 0. The second-order valence-electron chi connectivity index (χ2n) is 8.96. The van der Waals surface area contributed by atoms with Crippen LogP contribution in [0.4, 0.5) is 0 Å².